The van der Waals surface area contributed by atoms with Gasteiger partial charge in [-0.05, 0) is 42.0 Å². The number of nitrogens with one attached hydrogen (secondary N) is 5. The zero-order chi connectivity index (χ0) is 63.8. The van der Waals surface area contributed by atoms with Crippen molar-refractivity contribution in [2.45, 2.75) is 94.5 Å². The Labute approximate surface area is 495 Å². The van der Waals surface area contributed by atoms with Crippen LogP contribution >= 0.6 is 15.6 Å². The third-order valence-corrected chi connectivity index (χ3v) is 15.6. The van der Waals surface area contributed by atoms with Gasteiger partial charge in [-0.1, -0.05) is 31.1 Å². The molecule has 12 atom stereocenters. The molecule has 0 radical (unpaired) electrons. The molecule has 8 rings (SSSR count). The van der Waals surface area contributed by atoms with Crippen molar-refractivity contribution in [1.29, 1.82) is 0 Å². The number of nitrogens with two attached hydrogens (primary N) is 3. The molecule has 0 aliphatic carbocycles. The third-order valence-electron chi connectivity index (χ3n) is 13.7. The van der Waals surface area contributed by atoms with Crippen LogP contribution in [0.4, 0.5) is 31.8 Å². The van der Waals surface area contributed by atoms with E-state index in [2.05, 4.69) is 61.2 Å². The smallest absolute Gasteiger partial charge is 0.445 e. The number of likely N-dealkylation sites (N-methyl/N-ethyl adjacent to an activating group) is 2. The Hall–Kier alpha value is -8.65. The minimum absolute atomic E-state index is 0.0206. The Morgan fingerprint density at radius 3 is 2.16 bits per heavy atom. The lowest BCUT2D eigenvalue weighted by atomic mass is 10.0. The Balaban J connectivity index is 0.906. The number of ether oxygens (including phenoxy) is 4. The lowest BCUT2D eigenvalue weighted by Gasteiger charge is -2.30. The van der Waals surface area contributed by atoms with Crippen LogP contribution in [0, 0.1) is 5.92 Å². The monoisotopic (exact) mass is 1280 g/mol. The van der Waals surface area contributed by atoms with Crippen molar-refractivity contribution in [1.82, 2.24) is 64.8 Å². The minimum atomic E-state index is -5.39. The number of nitrogens with zero attached hydrogens (tertiary/aromatic N) is 12. The number of nitrogen functional groups attached to an aromatic ring is 2. The van der Waals surface area contributed by atoms with Crippen LogP contribution in [0.2, 0.25) is 0 Å². The number of aromatic amines is 1. The fraction of sp³-hybridized carbons (Fsp3) is 0.522. The number of H-pyrrole nitrogens is 1. The highest BCUT2D eigenvalue weighted by molar-refractivity contribution is 7.47. The maximum absolute atomic E-state index is 14.0. The number of primary amides is 1. The number of benzene rings is 1. The average molecular weight is 1280 g/mol. The van der Waals surface area contributed by atoms with Crippen LogP contribution in [0.15, 0.2) is 53.2 Å². The minimum Gasteiger partial charge on any atom is -0.445 e. The predicted molar refractivity (Wildman–Crippen MR) is 298 cm³/mol. The summed E-state index contributed by atoms with van der Waals surface area (Å²) in [6.07, 6.45) is -12.3. The maximum atomic E-state index is 14.0. The van der Waals surface area contributed by atoms with Crippen molar-refractivity contribution in [2.24, 2.45) is 16.8 Å². The van der Waals surface area contributed by atoms with Crippen molar-refractivity contribution in [3.8, 4) is 0 Å². The van der Waals surface area contributed by atoms with Crippen LogP contribution in [0.25, 0.3) is 32.8 Å². The normalized spacial score (nSPS) is 25.1. The van der Waals surface area contributed by atoms with Crippen molar-refractivity contribution >= 4 is 91.4 Å². The van der Waals surface area contributed by atoms with E-state index in [9.17, 15) is 57.6 Å². The van der Waals surface area contributed by atoms with Gasteiger partial charge in [0.2, 0.25) is 23.7 Å². The largest absolute Gasteiger partial charge is 0.472 e. The number of aromatic nitrogens is 8. The number of aliphatic hydroxyl groups excluding tert-OH is 1. The first-order valence-electron chi connectivity index (χ1n) is 26.5. The van der Waals surface area contributed by atoms with Crippen molar-refractivity contribution in [2.75, 3.05) is 70.3 Å². The number of phosphoric ester groups is 2. The second-order valence-electron chi connectivity index (χ2n) is 20.3. The molecular weight excluding hydrogens is 1210 g/mol. The van der Waals surface area contributed by atoms with E-state index in [1.165, 1.54) is 37.1 Å². The number of phosphoric acid groups is 2. The SMILES string of the molecule is CC(C)[C@H](NC(=O)CN=[N+]=[N-])C(=O)N[C@@H](CCCNC(N)=O)C(=O)Nc1ccc(COC(=O)N(C)CCN(C)C(=O)O[C@@H]2[C@@H]3OP(=O)(O)OC[C@H]4O[C@@H](n5cnc6c(N)ncnc65)[C@H](O)[C@@H]4OP(=O)(O)OC[C@H]3O[C@H]2n2cnc3c(=O)[nH]c(N)nc32)cc1. The lowest BCUT2D eigenvalue weighted by Crippen LogP contribution is -2.55. The first-order valence-corrected chi connectivity index (χ1v) is 29.5. The van der Waals surface area contributed by atoms with Gasteiger partial charge in [0.25, 0.3) is 5.56 Å². The average Bonchev–Trinajstić information content (AvgIpc) is 1.76. The number of carbonyl (C=O) groups excluding carboxylic acids is 6. The molecule has 40 nitrogen and oxygen atoms in total. The Morgan fingerprint density at radius 1 is 0.875 bits per heavy atom. The Morgan fingerprint density at radius 2 is 1.50 bits per heavy atom. The number of anilines is 3. The molecule has 7 amide bonds. The van der Waals surface area contributed by atoms with E-state index in [1.807, 2.05) is 0 Å². The number of hydrogen-bond donors (Lipinski definition) is 11. The van der Waals surface area contributed by atoms with Crippen molar-refractivity contribution in [3.05, 3.63) is 69.6 Å². The highest BCUT2D eigenvalue weighted by Gasteiger charge is 2.56. The summed E-state index contributed by atoms with van der Waals surface area (Å²) in [5.74, 6) is -2.92. The molecule has 2 unspecified atom stereocenters. The summed E-state index contributed by atoms with van der Waals surface area (Å²) >= 11 is 0. The molecule has 3 fully saturated rings. The molecule has 0 bridgehead atoms. The Bertz CT molecular complexity index is 3610. The molecule has 3 aliphatic rings. The van der Waals surface area contributed by atoms with Crippen LogP contribution in [0.3, 0.4) is 0 Å². The first-order chi connectivity index (χ1) is 41.7. The second kappa shape index (κ2) is 28.0. The van der Waals surface area contributed by atoms with Gasteiger partial charge in [0.1, 0.15) is 67.6 Å². The van der Waals surface area contributed by atoms with E-state index in [0.29, 0.717) is 5.56 Å². The quantitative estimate of drug-likeness (QED) is 0.0151. The van der Waals surface area contributed by atoms with E-state index in [1.54, 1.807) is 26.0 Å². The van der Waals surface area contributed by atoms with Crippen molar-refractivity contribution in [3.63, 3.8) is 0 Å². The zero-order valence-corrected chi connectivity index (χ0v) is 48.8. The summed E-state index contributed by atoms with van der Waals surface area (Å²) < 4.78 is 75.2. The van der Waals surface area contributed by atoms with Gasteiger partial charge in [-0.25, -0.2) is 43.4 Å². The van der Waals surface area contributed by atoms with E-state index < -0.39 is 144 Å². The van der Waals surface area contributed by atoms with Gasteiger partial charge in [0.15, 0.2) is 41.2 Å². The van der Waals surface area contributed by atoms with Gasteiger partial charge >= 0.3 is 33.9 Å². The fourth-order valence-electron chi connectivity index (χ4n) is 9.18. The third kappa shape index (κ3) is 15.9. The molecule has 5 aromatic rings. The summed E-state index contributed by atoms with van der Waals surface area (Å²) in [6.45, 7) is 0.170. The summed E-state index contributed by atoms with van der Waals surface area (Å²) in [4.78, 5) is 140. The molecule has 14 N–H and O–H groups in total. The molecule has 476 valence electrons. The summed E-state index contributed by atoms with van der Waals surface area (Å²) in [5, 5.41) is 24.9. The zero-order valence-electron chi connectivity index (χ0n) is 47.0. The van der Waals surface area contributed by atoms with Gasteiger partial charge < -0.3 is 82.1 Å². The summed E-state index contributed by atoms with van der Waals surface area (Å²) in [5.41, 5.74) is 25.1. The van der Waals surface area contributed by atoms with Crippen LogP contribution in [0.5, 0.6) is 0 Å². The maximum Gasteiger partial charge on any atom is 0.472 e. The number of azide groups is 1. The number of fused-ring (bicyclic) bond motifs is 4. The molecule has 0 saturated carbocycles. The number of amides is 7. The molecule has 42 heteroatoms. The predicted octanol–water partition coefficient (Wildman–Crippen LogP) is -0.674. The van der Waals surface area contributed by atoms with E-state index in [0.717, 1.165) is 27.0 Å². The van der Waals surface area contributed by atoms with E-state index >= 15 is 0 Å². The molecule has 7 heterocycles. The van der Waals surface area contributed by atoms with Gasteiger partial charge in [-0.2, -0.15) is 4.98 Å². The van der Waals surface area contributed by atoms with Crippen LogP contribution in [-0.4, -0.2) is 202 Å². The molecule has 1 aromatic carbocycles. The molecule has 4 aromatic heterocycles. The summed E-state index contributed by atoms with van der Waals surface area (Å²) in [7, 11) is -8.05. The standard InChI is InChI=1S/C46H62N20O20P2/c1-21(2)28(59-27(67)14-56-62-50)39(70)58-24(6-5-11-51-44(49)72)38(69)57-23-9-7-22(8-10-23)15-79-45(73)63(3)12-13-64(4)46(74)84-34-33-26(83-42(34)66-20-55-30-37(66)60-43(48)61-40(30)71)17-81-87(75,76)85-32-25(16-80-88(77,78)86-33)82-41(31(32)68)65-19-54-29-35(47)52-18-53-36(29)65/h7-10,18-21,24-26,28,31-34,41-42,68H,5-6,11-17H2,1-4H3,(H,57,69)(H,58,70)(H,59,67)(H,75,76)(H,77,78)(H2,47,52,53)(H3,49,51,72)(H3,48,60,61,71)/t24-,25+,26+,28-,31+,32+,33+,34+,41+,42+/m0/s1. The fourth-order valence-corrected chi connectivity index (χ4v) is 11.1. The topological polar surface area (TPSA) is 560 Å². The number of hydrogen-bond acceptors (Lipinski definition) is 26. The number of urea groups is 1. The highest BCUT2D eigenvalue weighted by Crippen LogP contribution is 2.54. The lowest BCUT2D eigenvalue weighted by molar-refractivity contribution is -0.131. The molecule has 3 aliphatic heterocycles. The van der Waals surface area contributed by atoms with Crippen LogP contribution < -0.4 is 44.0 Å². The number of aliphatic hydroxyl groups is 1. The number of imidazole rings is 2. The van der Waals surface area contributed by atoms with Gasteiger partial charge in [0, 0.05) is 44.3 Å². The highest BCUT2D eigenvalue weighted by atomic mass is 31.2. The van der Waals surface area contributed by atoms with Gasteiger partial charge in [0.05, 0.1) is 25.9 Å². The molecule has 0 spiro atoms. The molecular formula is C46H62N20O20P2. The molecule has 88 heavy (non-hydrogen) atoms. The van der Waals surface area contributed by atoms with E-state index in [-0.39, 0.29) is 78.9 Å². The summed E-state index contributed by atoms with van der Waals surface area (Å²) in [6, 6.07) is 3.02. The number of rotatable bonds is 20. The van der Waals surface area contributed by atoms with E-state index in [4.69, 9.17) is 59.8 Å². The number of carbonyl (C=O) groups is 6. The van der Waals surface area contributed by atoms with Gasteiger partial charge in [-0.3, -0.25) is 51.4 Å². The molecule has 3 saturated heterocycles. The van der Waals surface area contributed by atoms with Gasteiger partial charge in [-0.15, -0.1) is 0 Å². The Kier molecular flexibility index (Phi) is 20.8. The van der Waals surface area contributed by atoms with Crippen molar-refractivity contribution < 1.29 is 89.8 Å². The van der Waals surface area contributed by atoms with Crippen LogP contribution in [-0.2, 0) is 67.2 Å². The van der Waals surface area contributed by atoms with Crippen LogP contribution in [0.1, 0.15) is 44.7 Å². The first kappa shape index (κ1) is 65.3. The second-order valence-corrected chi connectivity index (χ2v) is 23.1.